The Morgan fingerprint density at radius 2 is 2.20 bits per heavy atom. The molecule has 1 saturated heterocycles. The van der Waals surface area contributed by atoms with Gasteiger partial charge in [0.25, 0.3) is 0 Å². The molecule has 3 nitrogen and oxygen atoms in total. The Bertz CT molecular complexity index is 552. The van der Waals surface area contributed by atoms with Crippen molar-refractivity contribution in [2.75, 3.05) is 13.1 Å². The van der Waals surface area contributed by atoms with Crippen LogP contribution in [0, 0.1) is 5.92 Å². The lowest BCUT2D eigenvalue weighted by Crippen LogP contribution is -2.37. The molecule has 20 heavy (non-hydrogen) atoms. The van der Waals surface area contributed by atoms with Crippen LogP contribution >= 0.6 is 15.9 Å². The number of carbonyl (C=O) groups is 1. The van der Waals surface area contributed by atoms with Gasteiger partial charge in [-0.05, 0) is 50.8 Å². The number of rotatable bonds is 1. The first-order valence-electron chi connectivity index (χ1n) is 7.04. The number of piperidine rings is 1. The zero-order chi connectivity index (χ0) is 14.5. The molecule has 2 atom stereocenters. The van der Waals surface area contributed by atoms with E-state index >= 15 is 0 Å². The van der Waals surface area contributed by atoms with Crippen molar-refractivity contribution in [1.29, 1.82) is 0 Å². The molecule has 1 heterocycles. The molecule has 108 valence electrons. The SMILES string of the molecule is CC(C)(C)OC(=O)N1CC2CC2(c2cccc(Br)c2)C1. The monoisotopic (exact) mass is 337 g/mol. The molecule has 3 rings (SSSR count). The molecule has 0 N–H and O–H groups in total. The summed E-state index contributed by atoms with van der Waals surface area (Å²) in [5.41, 5.74) is 1.08. The third-order valence-electron chi connectivity index (χ3n) is 4.20. The normalized spacial score (nSPS) is 28.2. The van der Waals surface area contributed by atoms with Gasteiger partial charge >= 0.3 is 6.09 Å². The van der Waals surface area contributed by atoms with Crippen LogP contribution in [0.5, 0.6) is 0 Å². The van der Waals surface area contributed by atoms with E-state index in [2.05, 4.69) is 34.1 Å². The minimum absolute atomic E-state index is 0.167. The first kappa shape index (κ1) is 13.9. The van der Waals surface area contributed by atoms with Gasteiger partial charge in [-0.25, -0.2) is 4.79 Å². The molecule has 1 aliphatic heterocycles. The maximum absolute atomic E-state index is 12.2. The van der Waals surface area contributed by atoms with Crippen LogP contribution in [-0.2, 0) is 10.2 Å². The van der Waals surface area contributed by atoms with Crippen molar-refractivity contribution in [2.45, 2.75) is 38.2 Å². The Hall–Kier alpha value is -1.03. The van der Waals surface area contributed by atoms with Crippen molar-refractivity contribution in [3.8, 4) is 0 Å². The lowest BCUT2D eigenvalue weighted by Gasteiger charge is -2.26. The molecule has 1 aromatic carbocycles. The Labute approximate surface area is 128 Å². The third kappa shape index (κ3) is 2.46. The fourth-order valence-electron chi connectivity index (χ4n) is 3.19. The summed E-state index contributed by atoms with van der Waals surface area (Å²) in [4.78, 5) is 14.0. The second kappa shape index (κ2) is 4.48. The van der Waals surface area contributed by atoms with Gasteiger partial charge in [0.15, 0.2) is 0 Å². The van der Waals surface area contributed by atoms with Crippen molar-refractivity contribution in [3.63, 3.8) is 0 Å². The molecule has 1 aromatic rings. The van der Waals surface area contributed by atoms with Crippen LogP contribution in [0.25, 0.3) is 0 Å². The van der Waals surface area contributed by atoms with Crippen molar-refractivity contribution in [3.05, 3.63) is 34.3 Å². The van der Waals surface area contributed by atoms with Gasteiger partial charge in [0.05, 0.1) is 0 Å². The second-order valence-electron chi connectivity index (χ2n) is 6.93. The number of likely N-dealkylation sites (tertiary alicyclic amines) is 1. The highest BCUT2D eigenvalue weighted by Crippen LogP contribution is 2.59. The summed E-state index contributed by atoms with van der Waals surface area (Å²) in [6.07, 6.45) is 1.00. The summed E-state index contributed by atoms with van der Waals surface area (Å²) >= 11 is 3.53. The molecular weight excluding hydrogens is 318 g/mol. The van der Waals surface area contributed by atoms with Crippen LogP contribution in [0.15, 0.2) is 28.7 Å². The van der Waals surface area contributed by atoms with Gasteiger partial charge in [-0.15, -0.1) is 0 Å². The minimum atomic E-state index is -0.424. The quantitative estimate of drug-likeness (QED) is 0.776. The number of nitrogens with zero attached hydrogens (tertiary/aromatic N) is 1. The maximum Gasteiger partial charge on any atom is 0.410 e. The predicted octanol–water partition coefficient (Wildman–Crippen LogP) is 3.96. The zero-order valence-corrected chi connectivity index (χ0v) is 13.7. The molecule has 4 heteroatoms. The molecular formula is C16H20BrNO2. The lowest BCUT2D eigenvalue weighted by molar-refractivity contribution is 0.0270. The summed E-state index contributed by atoms with van der Waals surface area (Å²) in [6.45, 7) is 7.33. The van der Waals surface area contributed by atoms with E-state index in [4.69, 9.17) is 4.74 Å². The number of halogens is 1. The van der Waals surface area contributed by atoms with E-state index in [1.807, 2.05) is 31.7 Å². The number of amides is 1. The highest BCUT2D eigenvalue weighted by molar-refractivity contribution is 9.10. The van der Waals surface area contributed by atoms with Gasteiger partial charge in [0, 0.05) is 23.0 Å². The number of hydrogen-bond donors (Lipinski definition) is 0. The summed E-state index contributed by atoms with van der Waals surface area (Å²) < 4.78 is 6.58. The average molecular weight is 338 g/mol. The van der Waals surface area contributed by atoms with Gasteiger partial charge in [-0.2, -0.15) is 0 Å². The fraction of sp³-hybridized carbons (Fsp3) is 0.562. The van der Waals surface area contributed by atoms with Crippen LogP contribution < -0.4 is 0 Å². The second-order valence-corrected chi connectivity index (χ2v) is 7.84. The Kier molecular flexibility index (Phi) is 3.12. The molecule has 0 aromatic heterocycles. The number of fused-ring (bicyclic) bond motifs is 1. The standard InChI is InChI=1S/C16H20BrNO2/c1-15(2,3)20-14(19)18-9-12-8-16(12,10-18)11-5-4-6-13(17)7-11/h4-7,12H,8-10H2,1-3H3. The summed E-state index contributed by atoms with van der Waals surface area (Å²) in [5.74, 6) is 0.587. The number of benzene rings is 1. The minimum Gasteiger partial charge on any atom is -0.444 e. The smallest absolute Gasteiger partial charge is 0.410 e. The average Bonchev–Trinajstić information content (AvgIpc) is 2.90. The van der Waals surface area contributed by atoms with Crippen molar-refractivity contribution < 1.29 is 9.53 Å². The largest absolute Gasteiger partial charge is 0.444 e. The van der Waals surface area contributed by atoms with Crippen molar-refractivity contribution >= 4 is 22.0 Å². The van der Waals surface area contributed by atoms with Gasteiger partial charge in [0.2, 0.25) is 0 Å². The van der Waals surface area contributed by atoms with Gasteiger partial charge in [-0.1, -0.05) is 28.1 Å². The first-order valence-corrected chi connectivity index (χ1v) is 7.83. The molecule has 1 saturated carbocycles. The van der Waals surface area contributed by atoms with Crippen molar-refractivity contribution in [1.82, 2.24) is 4.90 Å². The topological polar surface area (TPSA) is 29.5 Å². The molecule has 1 aliphatic carbocycles. The van der Waals surface area contributed by atoms with E-state index in [0.717, 1.165) is 17.6 Å². The summed E-state index contributed by atoms with van der Waals surface area (Å²) in [5, 5.41) is 0. The highest BCUT2D eigenvalue weighted by atomic mass is 79.9. The molecule has 0 spiro atoms. The Balaban J connectivity index is 1.73. The predicted molar refractivity (Wildman–Crippen MR) is 81.7 cm³/mol. The maximum atomic E-state index is 12.2. The molecule has 1 amide bonds. The van der Waals surface area contributed by atoms with E-state index in [1.54, 1.807) is 0 Å². The first-order chi connectivity index (χ1) is 9.30. The highest BCUT2D eigenvalue weighted by Gasteiger charge is 2.62. The Morgan fingerprint density at radius 1 is 1.45 bits per heavy atom. The van der Waals surface area contributed by atoms with Crippen LogP contribution in [0.1, 0.15) is 32.8 Å². The van der Waals surface area contributed by atoms with Crippen LogP contribution in [0.4, 0.5) is 4.79 Å². The fourth-order valence-corrected chi connectivity index (χ4v) is 3.59. The number of carbonyl (C=O) groups excluding carboxylic acids is 1. The van der Waals surface area contributed by atoms with E-state index in [9.17, 15) is 4.79 Å². The van der Waals surface area contributed by atoms with Crippen molar-refractivity contribution in [2.24, 2.45) is 5.92 Å². The van der Waals surface area contributed by atoms with Crippen LogP contribution in [0.3, 0.4) is 0 Å². The Morgan fingerprint density at radius 3 is 2.85 bits per heavy atom. The van der Waals surface area contributed by atoms with Gasteiger partial charge in [0.1, 0.15) is 5.60 Å². The zero-order valence-electron chi connectivity index (χ0n) is 12.1. The molecule has 2 fully saturated rings. The number of ether oxygens (including phenoxy) is 1. The van der Waals surface area contributed by atoms with Crippen LogP contribution in [-0.4, -0.2) is 29.7 Å². The summed E-state index contributed by atoms with van der Waals surface area (Å²) in [7, 11) is 0. The van der Waals surface area contributed by atoms with Gasteiger partial charge < -0.3 is 9.64 Å². The lowest BCUT2D eigenvalue weighted by atomic mass is 9.95. The van der Waals surface area contributed by atoms with Crippen LogP contribution in [0.2, 0.25) is 0 Å². The number of hydrogen-bond acceptors (Lipinski definition) is 2. The van der Waals surface area contributed by atoms with E-state index in [-0.39, 0.29) is 11.5 Å². The third-order valence-corrected chi connectivity index (χ3v) is 4.69. The van der Waals surface area contributed by atoms with Gasteiger partial charge in [-0.3, -0.25) is 0 Å². The van der Waals surface area contributed by atoms with E-state index in [1.165, 1.54) is 12.0 Å². The van der Waals surface area contributed by atoms with E-state index in [0.29, 0.717) is 5.92 Å². The van der Waals surface area contributed by atoms with E-state index < -0.39 is 5.60 Å². The molecule has 0 bridgehead atoms. The summed E-state index contributed by atoms with van der Waals surface area (Å²) in [6, 6.07) is 8.46. The molecule has 0 radical (unpaired) electrons. The molecule has 2 unspecified atom stereocenters. The molecule has 2 aliphatic rings.